The van der Waals surface area contributed by atoms with Gasteiger partial charge in [-0.15, -0.1) is 0 Å². The Morgan fingerprint density at radius 2 is 1.96 bits per heavy atom. The van der Waals surface area contributed by atoms with Gasteiger partial charge in [0, 0.05) is 31.4 Å². The van der Waals surface area contributed by atoms with E-state index in [4.69, 9.17) is 4.74 Å². The zero-order valence-electron chi connectivity index (χ0n) is 14.1. The van der Waals surface area contributed by atoms with Crippen LogP contribution >= 0.6 is 0 Å². The summed E-state index contributed by atoms with van der Waals surface area (Å²) in [4.78, 5) is 38.3. The van der Waals surface area contributed by atoms with Crippen LogP contribution in [0.3, 0.4) is 0 Å². The van der Waals surface area contributed by atoms with Crippen molar-refractivity contribution in [2.45, 2.75) is 25.5 Å². The van der Waals surface area contributed by atoms with Gasteiger partial charge in [-0.2, -0.15) is 0 Å². The number of likely N-dealkylation sites (tertiary alicyclic amines) is 1. The molecule has 0 N–H and O–H groups in total. The molecule has 0 radical (unpaired) electrons. The average molecular weight is 340 g/mol. The fourth-order valence-electron chi connectivity index (χ4n) is 2.93. The fraction of sp³-hybridized carbons (Fsp3) is 0.316. The van der Waals surface area contributed by atoms with Crippen molar-refractivity contribution >= 4 is 11.9 Å². The highest BCUT2D eigenvalue weighted by Gasteiger charge is 2.35. The van der Waals surface area contributed by atoms with E-state index < -0.39 is 12.0 Å². The van der Waals surface area contributed by atoms with Gasteiger partial charge in [0.2, 0.25) is 0 Å². The van der Waals surface area contributed by atoms with Crippen molar-refractivity contribution in [3.8, 4) is 0 Å². The molecule has 6 heteroatoms. The summed E-state index contributed by atoms with van der Waals surface area (Å²) in [5, 5.41) is 0. The van der Waals surface area contributed by atoms with E-state index >= 15 is 0 Å². The Morgan fingerprint density at radius 1 is 1.20 bits per heavy atom. The van der Waals surface area contributed by atoms with Crippen molar-refractivity contribution in [2.75, 3.05) is 6.54 Å². The van der Waals surface area contributed by atoms with Crippen LogP contribution in [0.25, 0.3) is 0 Å². The van der Waals surface area contributed by atoms with E-state index in [2.05, 4.69) is 0 Å². The normalized spacial score (nSPS) is 16.7. The highest BCUT2D eigenvalue weighted by atomic mass is 16.5. The second kappa shape index (κ2) is 7.34. The number of hydrogen-bond acceptors (Lipinski definition) is 4. The van der Waals surface area contributed by atoms with E-state index in [0.717, 1.165) is 12.0 Å². The van der Waals surface area contributed by atoms with E-state index in [-0.39, 0.29) is 18.1 Å². The molecule has 0 saturated carbocycles. The molecule has 25 heavy (non-hydrogen) atoms. The number of rotatable bonds is 4. The van der Waals surface area contributed by atoms with E-state index in [1.807, 2.05) is 30.3 Å². The summed E-state index contributed by atoms with van der Waals surface area (Å²) < 4.78 is 6.77. The lowest BCUT2D eigenvalue weighted by molar-refractivity contribution is -0.149. The van der Waals surface area contributed by atoms with Gasteiger partial charge in [-0.25, -0.2) is 4.79 Å². The number of aromatic nitrogens is 1. The second-order valence-corrected chi connectivity index (χ2v) is 6.11. The number of amides is 1. The molecule has 130 valence electrons. The molecule has 1 aliphatic rings. The molecule has 0 aliphatic carbocycles. The topological polar surface area (TPSA) is 68.6 Å². The van der Waals surface area contributed by atoms with Crippen LogP contribution in [0.1, 0.15) is 28.8 Å². The van der Waals surface area contributed by atoms with Crippen LogP contribution in [0, 0.1) is 0 Å². The van der Waals surface area contributed by atoms with Crippen LogP contribution < -0.4 is 5.56 Å². The molecular weight excluding hydrogens is 320 g/mol. The maximum absolute atomic E-state index is 12.7. The molecule has 1 saturated heterocycles. The smallest absolute Gasteiger partial charge is 0.329 e. The number of pyridine rings is 1. The summed E-state index contributed by atoms with van der Waals surface area (Å²) in [5.74, 6) is -0.713. The molecule has 0 unspecified atom stereocenters. The van der Waals surface area contributed by atoms with Gasteiger partial charge >= 0.3 is 5.97 Å². The molecule has 1 aromatic heterocycles. The van der Waals surface area contributed by atoms with Gasteiger partial charge in [0.1, 0.15) is 12.6 Å². The summed E-state index contributed by atoms with van der Waals surface area (Å²) in [5.41, 5.74) is 0.942. The largest absolute Gasteiger partial charge is 0.459 e. The molecule has 3 rings (SSSR count). The second-order valence-electron chi connectivity index (χ2n) is 6.11. The van der Waals surface area contributed by atoms with Crippen molar-refractivity contribution in [1.29, 1.82) is 0 Å². The van der Waals surface area contributed by atoms with Gasteiger partial charge in [-0.1, -0.05) is 30.3 Å². The molecule has 1 fully saturated rings. The van der Waals surface area contributed by atoms with Crippen LogP contribution in [-0.2, 0) is 23.2 Å². The average Bonchev–Trinajstić information content (AvgIpc) is 3.12. The quantitative estimate of drug-likeness (QED) is 0.795. The third kappa shape index (κ3) is 3.79. The van der Waals surface area contributed by atoms with Crippen molar-refractivity contribution < 1.29 is 14.3 Å². The minimum atomic E-state index is -0.597. The van der Waals surface area contributed by atoms with Crippen LogP contribution in [0.2, 0.25) is 0 Å². The SMILES string of the molecule is Cn1ccc(C(=O)N2CCC[C@H]2C(=O)OCc2ccccc2)cc1=O. The lowest BCUT2D eigenvalue weighted by Crippen LogP contribution is -2.41. The first kappa shape index (κ1) is 17.0. The van der Waals surface area contributed by atoms with Crippen molar-refractivity contribution in [1.82, 2.24) is 9.47 Å². The van der Waals surface area contributed by atoms with Crippen LogP contribution in [0.4, 0.5) is 0 Å². The Hall–Kier alpha value is -2.89. The van der Waals surface area contributed by atoms with Gasteiger partial charge in [0.05, 0.1) is 0 Å². The summed E-state index contributed by atoms with van der Waals surface area (Å²) >= 11 is 0. The Kier molecular flexibility index (Phi) is 4.97. The number of hydrogen-bond donors (Lipinski definition) is 0. The van der Waals surface area contributed by atoms with Gasteiger partial charge in [0.25, 0.3) is 11.5 Å². The van der Waals surface area contributed by atoms with E-state index in [1.54, 1.807) is 19.3 Å². The van der Waals surface area contributed by atoms with Gasteiger partial charge in [-0.05, 0) is 24.5 Å². The Bertz CT molecular complexity index is 829. The zero-order chi connectivity index (χ0) is 17.8. The highest BCUT2D eigenvalue weighted by molar-refractivity contribution is 5.97. The van der Waals surface area contributed by atoms with Crippen LogP contribution in [0.5, 0.6) is 0 Å². The molecule has 2 heterocycles. The Balaban J connectivity index is 1.69. The molecule has 1 atom stereocenters. The lowest BCUT2D eigenvalue weighted by atomic mass is 10.2. The Morgan fingerprint density at radius 3 is 2.68 bits per heavy atom. The highest BCUT2D eigenvalue weighted by Crippen LogP contribution is 2.21. The van der Waals surface area contributed by atoms with E-state index in [1.165, 1.54) is 15.5 Å². The molecule has 2 aromatic rings. The standard InChI is InChI=1S/C19H20N2O4/c1-20-11-9-15(12-17(20)22)18(23)21-10-5-8-16(21)19(24)25-13-14-6-3-2-4-7-14/h2-4,6-7,9,11-12,16H,5,8,10,13H2,1H3/t16-/m0/s1. The number of carbonyl (C=O) groups is 2. The number of aryl methyl sites for hydroxylation is 1. The molecule has 6 nitrogen and oxygen atoms in total. The summed E-state index contributed by atoms with van der Waals surface area (Å²) in [6, 6.07) is 11.7. The first-order valence-electron chi connectivity index (χ1n) is 8.24. The Labute approximate surface area is 145 Å². The van der Waals surface area contributed by atoms with E-state index in [9.17, 15) is 14.4 Å². The predicted molar refractivity (Wildman–Crippen MR) is 92.0 cm³/mol. The lowest BCUT2D eigenvalue weighted by Gasteiger charge is -2.23. The van der Waals surface area contributed by atoms with Crippen LogP contribution in [-0.4, -0.2) is 33.9 Å². The number of ether oxygens (including phenoxy) is 1. The maximum Gasteiger partial charge on any atom is 0.329 e. The van der Waals surface area contributed by atoms with E-state index in [0.29, 0.717) is 18.5 Å². The summed E-state index contributed by atoms with van der Waals surface area (Å²) in [6.07, 6.45) is 2.86. The fourth-order valence-corrected chi connectivity index (χ4v) is 2.93. The monoisotopic (exact) mass is 340 g/mol. The molecule has 1 aromatic carbocycles. The molecule has 0 bridgehead atoms. The van der Waals surface area contributed by atoms with Crippen LogP contribution in [0.15, 0.2) is 53.5 Å². The minimum Gasteiger partial charge on any atom is -0.459 e. The first-order chi connectivity index (χ1) is 12.1. The third-order valence-corrected chi connectivity index (χ3v) is 4.36. The number of benzene rings is 1. The number of esters is 1. The molecule has 1 amide bonds. The van der Waals surface area contributed by atoms with Gasteiger partial charge in [-0.3, -0.25) is 9.59 Å². The number of carbonyl (C=O) groups excluding carboxylic acids is 2. The summed E-state index contributed by atoms with van der Waals surface area (Å²) in [7, 11) is 1.62. The molecular formula is C19H20N2O4. The first-order valence-corrected chi connectivity index (χ1v) is 8.24. The molecule has 1 aliphatic heterocycles. The van der Waals surface area contributed by atoms with Crippen molar-refractivity contribution in [3.05, 3.63) is 70.1 Å². The van der Waals surface area contributed by atoms with Crippen molar-refractivity contribution in [3.63, 3.8) is 0 Å². The number of nitrogens with zero attached hydrogens (tertiary/aromatic N) is 2. The molecule has 0 spiro atoms. The minimum absolute atomic E-state index is 0.185. The summed E-state index contributed by atoms with van der Waals surface area (Å²) in [6.45, 7) is 0.670. The van der Waals surface area contributed by atoms with Crippen molar-refractivity contribution in [2.24, 2.45) is 7.05 Å². The maximum atomic E-state index is 12.7. The van der Waals surface area contributed by atoms with Gasteiger partial charge in [0.15, 0.2) is 0 Å². The zero-order valence-corrected chi connectivity index (χ0v) is 14.1. The van der Waals surface area contributed by atoms with Gasteiger partial charge < -0.3 is 14.2 Å². The predicted octanol–water partition coefficient (Wildman–Crippen LogP) is 1.73. The third-order valence-electron chi connectivity index (χ3n) is 4.36.